The van der Waals surface area contributed by atoms with Gasteiger partial charge in [-0.25, -0.2) is 4.79 Å². The normalized spacial score (nSPS) is 14.6. The minimum absolute atomic E-state index is 0.0914. The van der Waals surface area contributed by atoms with Gasteiger partial charge in [0, 0.05) is 0 Å². The average Bonchev–Trinajstić information content (AvgIpc) is 2.86. The molecule has 0 spiro atoms. The molecule has 4 atom stereocenters. The van der Waals surface area contributed by atoms with Crippen LogP contribution in [0, 0.1) is 17.8 Å². The summed E-state index contributed by atoms with van der Waals surface area (Å²) in [6.07, 6.45) is 4.13. The van der Waals surface area contributed by atoms with Crippen LogP contribution in [0.1, 0.15) is 92.6 Å². The van der Waals surface area contributed by atoms with Crippen molar-refractivity contribution in [3.05, 3.63) is 35.9 Å². The van der Waals surface area contributed by atoms with Gasteiger partial charge < -0.3 is 25.8 Å². The summed E-state index contributed by atoms with van der Waals surface area (Å²) in [5.41, 5.74) is 0.841. The number of unbranched alkanes of at least 4 members (excludes halogenated alkanes) is 3. The Hall–Kier alpha value is -2.61. The molecule has 0 aromatic heterocycles. The molecular formula is C30H51N3O5. The third-order valence-corrected chi connectivity index (χ3v) is 6.55. The molecule has 38 heavy (non-hydrogen) atoms. The second-order valence-corrected chi connectivity index (χ2v) is 11.3. The molecule has 1 aromatic carbocycles. The van der Waals surface area contributed by atoms with Crippen molar-refractivity contribution >= 4 is 17.9 Å². The fraction of sp³-hybridized carbons (Fsp3) is 0.700. The topological polar surface area (TPSA) is 117 Å². The number of hydrogen-bond acceptors (Lipinski definition) is 5. The molecule has 0 saturated carbocycles. The van der Waals surface area contributed by atoms with Gasteiger partial charge in [-0.1, -0.05) is 104 Å². The summed E-state index contributed by atoms with van der Waals surface area (Å²) in [5, 5.41) is 19.3. The van der Waals surface area contributed by atoms with Gasteiger partial charge >= 0.3 is 6.09 Å². The second-order valence-electron chi connectivity index (χ2n) is 11.3. The lowest BCUT2D eigenvalue weighted by molar-refractivity contribution is -0.132. The second kappa shape index (κ2) is 17.8. The number of aliphatic hydroxyl groups excluding tert-OH is 1. The molecule has 0 aliphatic rings. The molecule has 0 bridgehead atoms. The van der Waals surface area contributed by atoms with E-state index in [2.05, 4.69) is 36.7 Å². The van der Waals surface area contributed by atoms with E-state index in [0.29, 0.717) is 12.8 Å². The van der Waals surface area contributed by atoms with Gasteiger partial charge in [0.15, 0.2) is 0 Å². The Labute approximate surface area is 229 Å². The molecule has 1 aromatic rings. The number of carbonyl (C=O) groups excluding carboxylic acids is 3. The minimum atomic E-state index is -0.872. The number of alkyl carbamates (subject to hydrolysis) is 1. The van der Waals surface area contributed by atoms with Gasteiger partial charge in [-0.15, -0.1) is 0 Å². The largest absolute Gasteiger partial charge is 0.445 e. The summed E-state index contributed by atoms with van der Waals surface area (Å²) in [6.45, 7) is 13.7. The van der Waals surface area contributed by atoms with Crippen molar-refractivity contribution in [2.45, 2.75) is 118 Å². The van der Waals surface area contributed by atoms with Crippen molar-refractivity contribution in [1.82, 2.24) is 16.0 Å². The van der Waals surface area contributed by atoms with E-state index in [4.69, 9.17) is 4.74 Å². The Kier molecular flexibility index (Phi) is 15.7. The lowest BCUT2D eigenvalue weighted by Crippen LogP contribution is -2.58. The SMILES string of the molecule is CCCCCCC(O)[C@H](CC(C)C)NC(=O)[C@@H](NC(=O)[C@@H](NC(=O)OCc1ccccc1)C(C)C)C(C)C. The summed E-state index contributed by atoms with van der Waals surface area (Å²) < 4.78 is 5.28. The van der Waals surface area contributed by atoms with Crippen LogP contribution in [0.15, 0.2) is 30.3 Å². The lowest BCUT2D eigenvalue weighted by Gasteiger charge is -2.30. The first-order chi connectivity index (χ1) is 18.0. The highest BCUT2D eigenvalue weighted by molar-refractivity contribution is 5.91. The molecule has 0 heterocycles. The predicted molar refractivity (Wildman–Crippen MR) is 151 cm³/mol. The number of benzene rings is 1. The van der Waals surface area contributed by atoms with Crippen molar-refractivity contribution in [2.24, 2.45) is 17.8 Å². The smallest absolute Gasteiger partial charge is 0.408 e. The molecule has 1 unspecified atom stereocenters. The quantitative estimate of drug-likeness (QED) is 0.212. The van der Waals surface area contributed by atoms with Gasteiger partial charge in [0.05, 0.1) is 12.1 Å². The van der Waals surface area contributed by atoms with E-state index in [0.717, 1.165) is 31.2 Å². The van der Waals surface area contributed by atoms with Crippen LogP contribution in [-0.2, 0) is 20.9 Å². The van der Waals surface area contributed by atoms with Gasteiger partial charge in [-0.3, -0.25) is 9.59 Å². The number of nitrogens with one attached hydrogen (secondary N) is 3. The fourth-order valence-corrected chi connectivity index (χ4v) is 4.28. The Morgan fingerprint density at radius 2 is 1.39 bits per heavy atom. The molecule has 0 aliphatic carbocycles. The number of carbonyl (C=O) groups is 3. The highest BCUT2D eigenvalue weighted by atomic mass is 16.5. The minimum Gasteiger partial charge on any atom is -0.445 e. The first kappa shape index (κ1) is 33.4. The van der Waals surface area contributed by atoms with E-state index in [-0.39, 0.29) is 30.3 Å². The van der Waals surface area contributed by atoms with Crippen LogP contribution in [0.4, 0.5) is 4.79 Å². The highest BCUT2D eigenvalue weighted by Crippen LogP contribution is 2.16. The van der Waals surface area contributed by atoms with E-state index in [9.17, 15) is 19.5 Å². The van der Waals surface area contributed by atoms with Crippen molar-refractivity contribution in [1.29, 1.82) is 0 Å². The first-order valence-electron chi connectivity index (χ1n) is 14.2. The third kappa shape index (κ3) is 12.8. The number of hydrogen-bond donors (Lipinski definition) is 4. The Morgan fingerprint density at radius 3 is 1.95 bits per heavy atom. The Balaban J connectivity index is 2.82. The van der Waals surface area contributed by atoms with Crippen molar-refractivity contribution in [3.63, 3.8) is 0 Å². The maximum atomic E-state index is 13.3. The molecule has 0 aliphatic heterocycles. The van der Waals surface area contributed by atoms with E-state index in [1.807, 2.05) is 58.0 Å². The molecule has 3 amide bonds. The van der Waals surface area contributed by atoms with Crippen molar-refractivity contribution in [2.75, 3.05) is 0 Å². The molecule has 216 valence electrons. The van der Waals surface area contributed by atoms with Gasteiger partial charge in [0.1, 0.15) is 18.7 Å². The van der Waals surface area contributed by atoms with Gasteiger partial charge in [0.25, 0.3) is 0 Å². The summed E-state index contributed by atoms with van der Waals surface area (Å²) in [4.78, 5) is 38.9. The molecular weight excluding hydrogens is 482 g/mol. The van der Waals surface area contributed by atoms with Crippen molar-refractivity contribution in [3.8, 4) is 0 Å². The van der Waals surface area contributed by atoms with Gasteiger partial charge in [0.2, 0.25) is 11.8 Å². The summed E-state index contributed by atoms with van der Waals surface area (Å²) in [6, 6.07) is 7.21. The van der Waals surface area contributed by atoms with E-state index in [1.165, 1.54) is 0 Å². The van der Waals surface area contributed by atoms with Gasteiger partial charge in [-0.2, -0.15) is 0 Å². The molecule has 4 N–H and O–H groups in total. The average molecular weight is 534 g/mol. The number of rotatable bonds is 17. The van der Waals surface area contributed by atoms with Crippen LogP contribution in [-0.4, -0.2) is 47.2 Å². The summed E-state index contributed by atoms with van der Waals surface area (Å²) in [7, 11) is 0. The van der Waals surface area contributed by atoms with Crippen LogP contribution in [0.2, 0.25) is 0 Å². The molecule has 1 rings (SSSR count). The van der Waals surface area contributed by atoms with E-state index < -0.39 is 36.2 Å². The van der Waals surface area contributed by atoms with Crippen LogP contribution >= 0.6 is 0 Å². The molecule has 8 heteroatoms. The van der Waals surface area contributed by atoms with E-state index in [1.54, 1.807) is 0 Å². The lowest BCUT2D eigenvalue weighted by atomic mass is 9.94. The first-order valence-corrected chi connectivity index (χ1v) is 14.2. The van der Waals surface area contributed by atoms with Crippen LogP contribution in [0.3, 0.4) is 0 Å². The number of amides is 3. The van der Waals surface area contributed by atoms with E-state index >= 15 is 0 Å². The monoisotopic (exact) mass is 533 g/mol. The van der Waals surface area contributed by atoms with Crippen molar-refractivity contribution < 1.29 is 24.2 Å². The zero-order valence-electron chi connectivity index (χ0n) is 24.5. The van der Waals surface area contributed by atoms with Gasteiger partial charge in [-0.05, 0) is 36.2 Å². The Bertz CT molecular complexity index is 828. The fourth-order valence-electron chi connectivity index (χ4n) is 4.28. The maximum Gasteiger partial charge on any atom is 0.408 e. The predicted octanol–water partition coefficient (Wildman–Crippen LogP) is 4.94. The highest BCUT2D eigenvalue weighted by Gasteiger charge is 2.32. The van der Waals surface area contributed by atoms with Crippen LogP contribution in [0.25, 0.3) is 0 Å². The Morgan fingerprint density at radius 1 is 0.816 bits per heavy atom. The zero-order valence-corrected chi connectivity index (χ0v) is 24.5. The van der Waals surface area contributed by atoms with Crippen LogP contribution < -0.4 is 16.0 Å². The zero-order chi connectivity index (χ0) is 28.7. The number of ether oxygens (including phenoxy) is 1. The summed E-state index contributed by atoms with van der Waals surface area (Å²) >= 11 is 0. The van der Waals surface area contributed by atoms with Crippen LogP contribution in [0.5, 0.6) is 0 Å². The maximum absolute atomic E-state index is 13.3. The third-order valence-electron chi connectivity index (χ3n) is 6.55. The molecule has 0 radical (unpaired) electrons. The molecule has 0 saturated heterocycles. The standard InChI is InChI=1S/C30H51N3O5/c1-8-9-10-14-17-25(34)24(18-20(2)3)31-28(35)26(21(4)5)32-29(36)27(22(6)7)33-30(37)38-19-23-15-12-11-13-16-23/h11-13,15-16,20-22,24-27,34H,8-10,14,17-19H2,1-7H3,(H,31,35)(H,32,36)(H,33,37)/t24-,25?,26-,27-/m0/s1. The molecule has 0 fully saturated rings. The number of aliphatic hydroxyl groups is 1. The summed E-state index contributed by atoms with van der Waals surface area (Å²) in [5.74, 6) is -0.923. The molecule has 8 nitrogen and oxygen atoms in total.